The minimum atomic E-state index is -0.129. The highest BCUT2D eigenvalue weighted by Crippen LogP contribution is 2.23. The molecule has 0 N–H and O–H groups in total. The van der Waals surface area contributed by atoms with Crippen LogP contribution in [0.25, 0.3) is 17.1 Å². The van der Waals surface area contributed by atoms with Crippen molar-refractivity contribution in [2.75, 3.05) is 13.6 Å². The van der Waals surface area contributed by atoms with Crippen molar-refractivity contribution < 1.29 is 4.79 Å². The molecule has 2 aromatic carbocycles. The molecule has 0 aliphatic carbocycles. The van der Waals surface area contributed by atoms with Crippen molar-refractivity contribution in [2.24, 2.45) is 7.05 Å². The van der Waals surface area contributed by atoms with Gasteiger partial charge in [-0.25, -0.2) is 9.36 Å². The third kappa shape index (κ3) is 5.01. The summed E-state index contributed by atoms with van der Waals surface area (Å²) >= 11 is 6.11. The number of aryl methyl sites for hydroxylation is 1. The van der Waals surface area contributed by atoms with Crippen LogP contribution in [0.1, 0.15) is 33.0 Å². The van der Waals surface area contributed by atoms with E-state index < -0.39 is 0 Å². The van der Waals surface area contributed by atoms with Gasteiger partial charge in [0, 0.05) is 47.3 Å². The maximum absolute atomic E-state index is 13.6. The summed E-state index contributed by atoms with van der Waals surface area (Å²) in [7, 11) is 3.78. The summed E-state index contributed by atoms with van der Waals surface area (Å²) in [6, 6.07) is 18.9. The zero-order valence-corrected chi connectivity index (χ0v) is 23.5. The van der Waals surface area contributed by atoms with Crippen LogP contribution < -0.4 is 5.56 Å². The van der Waals surface area contributed by atoms with Crippen molar-refractivity contribution in [3.63, 3.8) is 0 Å². The number of carbonyl (C=O) groups is 1. The Morgan fingerprint density at radius 1 is 0.974 bits per heavy atom. The van der Waals surface area contributed by atoms with Crippen LogP contribution in [-0.4, -0.2) is 48.0 Å². The van der Waals surface area contributed by atoms with Gasteiger partial charge >= 0.3 is 0 Å². The van der Waals surface area contributed by atoms with Crippen molar-refractivity contribution in [1.29, 1.82) is 0 Å². The molecule has 5 rings (SSSR count). The van der Waals surface area contributed by atoms with Gasteiger partial charge < -0.3 is 4.57 Å². The number of carbonyl (C=O) groups excluding carboxylic acids is 1. The molecule has 0 saturated heterocycles. The van der Waals surface area contributed by atoms with Crippen molar-refractivity contribution in [3.05, 3.63) is 117 Å². The molecule has 0 aliphatic rings. The van der Waals surface area contributed by atoms with E-state index in [-0.39, 0.29) is 17.9 Å². The Hall–Kier alpha value is -4.14. The second-order valence-corrected chi connectivity index (χ2v) is 10.3. The Labute approximate surface area is 232 Å². The lowest BCUT2D eigenvalue weighted by molar-refractivity contribution is 0.0942. The molecule has 9 heteroatoms. The third-order valence-corrected chi connectivity index (χ3v) is 7.29. The van der Waals surface area contributed by atoms with Gasteiger partial charge in [-0.2, -0.15) is 5.10 Å². The van der Waals surface area contributed by atoms with Gasteiger partial charge in [-0.15, -0.1) is 0 Å². The Bertz CT molecular complexity index is 1720. The van der Waals surface area contributed by atoms with Crippen LogP contribution >= 0.6 is 11.6 Å². The van der Waals surface area contributed by atoms with Gasteiger partial charge in [0.05, 0.1) is 29.8 Å². The second-order valence-electron chi connectivity index (χ2n) is 9.90. The third-order valence-electron chi connectivity index (χ3n) is 7.05. The van der Waals surface area contributed by atoms with E-state index in [9.17, 15) is 9.59 Å². The number of likely N-dealkylation sites (N-methyl/N-ethyl adjacent to an activating group) is 1. The largest absolute Gasteiger partial charge is 0.311 e. The molecular weight excluding hydrogens is 512 g/mol. The zero-order valence-electron chi connectivity index (χ0n) is 22.7. The highest BCUT2D eigenvalue weighted by atomic mass is 35.5. The number of nitrogens with zero attached hydrogens (tertiary/aromatic N) is 6. The first-order valence-electron chi connectivity index (χ1n) is 12.7. The molecule has 0 amide bonds. The fourth-order valence-electron chi connectivity index (χ4n) is 5.10. The van der Waals surface area contributed by atoms with Gasteiger partial charge in [-0.3, -0.25) is 19.2 Å². The Morgan fingerprint density at radius 2 is 1.69 bits per heavy atom. The summed E-state index contributed by atoms with van der Waals surface area (Å²) in [4.78, 5) is 29.0. The molecule has 0 radical (unpaired) electrons. The first kappa shape index (κ1) is 26.5. The number of para-hydroxylation sites is 1. The van der Waals surface area contributed by atoms with Crippen LogP contribution in [0, 0.1) is 20.8 Å². The number of benzene rings is 2. The van der Waals surface area contributed by atoms with Crippen LogP contribution in [0.2, 0.25) is 5.02 Å². The number of Topliss-reactive ketones (excluding diaryl/α,β-unsaturated/α-hetero) is 1. The molecule has 0 atom stereocenters. The van der Waals surface area contributed by atoms with Crippen molar-refractivity contribution in [2.45, 2.75) is 27.3 Å². The quantitative estimate of drug-likeness (QED) is 0.257. The first-order valence-corrected chi connectivity index (χ1v) is 13.1. The summed E-state index contributed by atoms with van der Waals surface area (Å²) in [6.07, 6.45) is 3.73. The summed E-state index contributed by atoms with van der Waals surface area (Å²) in [5.41, 5.74) is 6.10. The van der Waals surface area contributed by atoms with E-state index in [1.54, 1.807) is 15.6 Å². The predicted octanol–water partition coefficient (Wildman–Crippen LogP) is 5.05. The molecule has 0 aliphatic heterocycles. The smallest absolute Gasteiger partial charge is 0.295 e. The van der Waals surface area contributed by atoms with E-state index in [2.05, 4.69) is 5.10 Å². The van der Waals surface area contributed by atoms with Gasteiger partial charge in [-0.1, -0.05) is 35.9 Å². The van der Waals surface area contributed by atoms with Crippen LogP contribution in [0.5, 0.6) is 0 Å². The average molecular weight is 543 g/mol. The van der Waals surface area contributed by atoms with E-state index in [1.807, 2.05) is 116 Å². The van der Waals surface area contributed by atoms with Crippen molar-refractivity contribution >= 4 is 17.4 Å². The van der Waals surface area contributed by atoms with Crippen molar-refractivity contribution in [1.82, 2.24) is 28.6 Å². The molecule has 200 valence electrons. The Kier molecular flexibility index (Phi) is 7.16. The average Bonchev–Trinajstić information content (AvgIpc) is 3.55. The summed E-state index contributed by atoms with van der Waals surface area (Å²) in [5, 5.41) is 5.09. The number of halogens is 1. The molecular formula is C30H31ClN6O2. The number of rotatable bonds is 8. The molecule has 0 bridgehead atoms. The molecule has 3 heterocycles. The van der Waals surface area contributed by atoms with E-state index in [0.29, 0.717) is 22.8 Å². The first-order chi connectivity index (χ1) is 18.7. The summed E-state index contributed by atoms with van der Waals surface area (Å²) in [6.45, 7) is 6.54. The van der Waals surface area contributed by atoms with Crippen LogP contribution in [0.3, 0.4) is 0 Å². The minimum Gasteiger partial charge on any atom is -0.311 e. The second kappa shape index (κ2) is 10.6. The summed E-state index contributed by atoms with van der Waals surface area (Å²) < 4.78 is 7.18. The lowest BCUT2D eigenvalue weighted by Crippen LogP contribution is -2.26. The zero-order chi connectivity index (χ0) is 27.8. The van der Waals surface area contributed by atoms with Crippen LogP contribution in [0.4, 0.5) is 0 Å². The normalized spacial score (nSPS) is 11.5. The van der Waals surface area contributed by atoms with Gasteiger partial charge in [0.15, 0.2) is 5.78 Å². The number of hydrogen-bond acceptors (Lipinski definition) is 4. The van der Waals surface area contributed by atoms with Crippen molar-refractivity contribution in [3.8, 4) is 17.1 Å². The Morgan fingerprint density at radius 3 is 2.41 bits per heavy atom. The molecule has 39 heavy (non-hydrogen) atoms. The van der Waals surface area contributed by atoms with Gasteiger partial charge in [-0.05, 0) is 64.2 Å². The highest BCUT2D eigenvalue weighted by Gasteiger charge is 2.24. The minimum absolute atomic E-state index is 0.00366. The molecule has 0 spiro atoms. The van der Waals surface area contributed by atoms with Crippen LogP contribution in [0.15, 0.2) is 77.9 Å². The fraction of sp³-hybridized carbons (Fsp3) is 0.233. The maximum atomic E-state index is 13.6. The highest BCUT2D eigenvalue weighted by molar-refractivity contribution is 6.30. The maximum Gasteiger partial charge on any atom is 0.295 e. The fourth-order valence-corrected chi connectivity index (χ4v) is 5.28. The lowest BCUT2D eigenvalue weighted by atomic mass is 10.1. The summed E-state index contributed by atoms with van der Waals surface area (Å²) in [5.74, 6) is -0.00366. The molecule has 0 unspecified atom stereocenters. The SMILES string of the molecule is Cc1cc(C(=O)CN(C)Cc2cnn(-c3cccc(Cl)c3)c2)c(C)n1-c1c(C)n(C)n(-c2ccccc2)c1=O. The molecule has 8 nitrogen and oxygen atoms in total. The molecule has 5 aromatic rings. The van der Waals surface area contributed by atoms with E-state index in [0.717, 1.165) is 34.0 Å². The topological polar surface area (TPSA) is 70.0 Å². The standard InChI is InChI=1S/C30H31ClN6O2/c1-20-14-27(21(2)36(20)29-22(3)34(5)37(30(29)39)25-11-7-6-8-12-25)28(38)19-33(4)17-23-16-32-35(18-23)26-13-9-10-24(31)15-26/h6-16,18H,17,19H2,1-5H3. The number of aromatic nitrogens is 5. The number of hydrogen-bond donors (Lipinski definition) is 0. The van der Waals surface area contributed by atoms with Gasteiger partial charge in [0.25, 0.3) is 5.56 Å². The number of ketones is 1. The lowest BCUT2D eigenvalue weighted by Gasteiger charge is -2.15. The van der Waals surface area contributed by atoms with Gasteiger partial charge in [0.1, 0.15) is 5.69 Å². The molecule has 0 fully saturated rings. The Balaban J connectivity index is 1.37. The van der Waals surface area contributed by atoms with E-state index in [1.165, 1.54) is 0 Å². The van der Waals surface area contributed by atoms with E-state index in [4.69, 9.17) is 11.6 Å². The molecule has 0 saturated carbocycles. The van der Waals surface area contributed by atoms with E-state index >= 15 is 0 Å². The predicted molar refractivity (Wildman–Crippen MR) is 154 cm³/mol. The monoisotopic (exact) mass is 542 g/mol. The molecule has 3 aromatic heterocycles. The van der Waals surface area contributed by atoms with Crippen LogP contribution in [-0.2, 0) is 13.6 Å². The van der Waals surface area contributed by atoms with Gasteiger partial charge in [0.2, 0.25) is 0 Å².